The molecule has 0 aromatic heterocycles. The molecular formula is C14H22N2O2S. The van der Waals surface area contributed by atoms with E-state index in [1.165, 1.54) is 0 Å². The zero-order valence-corrected chi connectivity index (χ0v) is 12.2. The molecule has 0 saturated carbocycles. The van der Waals surface area contributed by atoms with Crippen molar-refractivity contribution in [1.82, 2.24) is 4.31 Å². The molecule has 0 aliphatic carbocycles. The van der Waals surface area contributed by atoms with E-state index in [4.69, 9.17) is 5.73 Å². The summed E-state index contributed by atoms with van der Waals surface area (Å²) in [6.45, 7) is 3.16. The molecule has 0 bridgehead atoms. The first-order valence-electron chi connectivity index (χ1n) is 6.84. The Morgan fingerprint density at radius 2 is 2.21 bits per heavy atom. The van der Waals surface area contributed by atoms with Gasteiger partial charge in [0.05, 0.1) is 4.90 Å². The van der Waals surface area contributed by atoms with Gasteiger partial charge in [-0.15, -0.1) is 0 Å². The van der Waals surface area contributed by atoms with Crippen molar-refractivity contribution in [2.75, 3.05) is 13.1 Å². The molecule has 1 saturated heterocycles. The summed E-state index contributed by atoms with van der Waals surface area (Å²) in [7, 11) is -3.35. The van der Waals surface area contributed by atoms with Crippen LogP contribution in [0.3, 0.4) is 0 Å². The van der Waals surface area contributed by atoms with E-state index in [2.05, 4.69) is 0 Å². The molecule has 0 spiro atoms. The Balaban J connectivity index is 2.23. The van der Waals surface area contributed by atoms with E-state index in [1.54, 1.807) is 22.5 Å². The average molecular weight is 282 g/mol. The van der Waals surface area contributed by atoms with Gasteiger partial charge >= 0.3 is 0 Å². The normalized spacial score (nSPS) is 20.8. The van der Waals surface area contributed by atoms with Crippen LogP contribution in [0.5, 0.6) is 0 Å². The van der Waals surface area contributed by atoms with E-state index in [1.807, 2.05) is 13.0 Å². The molecule has 1 atom stereocenters. The van der Waals surface area contributed by atoms with Crippen molar-refractivity contribution < 1.29 is 8.42 Å². The summed E-state index contributed by atoms with van der Waals surface area (Å²) >= 11 is 0. The maximum atomic E-state index is 12.7. The summed E-state index contributed by atoms with van der Waals surface area (Å²) < 4.78 is 27.0. The molecule has 0 amide bonds. The lowest BCUT2D eigenvalue weighted by Gasteiger charge is -2.24. The highest BCUT2D eigenvalue weighted by atomic mass is 32.2. The third-order valence-corrected chi connectivity index (χ3v) is 5.61. The van der Waals surface area contributed by atoms with E-state index in [-0.39, 0.29) is 6.04 Å². The van der Waals surface area contributed by atoms with Gasteiger partial charge in [-0.1, -0.05) is 12.1 Å². The van der Waals surface area contributed by atoms with Crippen molar-refractivity contribution in [1.29, 1.82) is 0 Å². The van der Waals surface area contributed by atoms with Crippen molar-refractivity contribution in [2.24, 2.45) is 5.73 Å². The predicted octanol–water partition coefficient (Wildman–Crippen LogP) is 1.89. The number of sulfonamides is 1. The molecule has 0 radical (unpaired) electrons. The molecule has 4 nitrogen and oxygen atoms in total. The number of benzene rings is 1. The van der Waals surface area contributed by atoms with Gasteiger partial charge in [-0.05, 0) is 56.8 Å². The van der Waals surface area contributed by atoms with Crippen molar-refractivity contribution in [3.05, 3.63) is 29.8 Å². The fourth-order valence-corrected chi connectivity index (χ4v) is 4.51. The number of nitrogens with zero attached hydrogens (tertiary/aromatic N) is 1. The quantitative estimate of drug-likeness (QED) is 0.897. The van der Waals surface area contributed by atoms with Gasteiger partial charge in [0.2, 0.25) is 10.0 Å². The zero-order valence-electron chi connectivity index (χ0n) is 11.4. The molecule has 5 heteroatoms. The smallest absolute Gasteiger partial charge is 0.243 e. The summed E-state index contributed by atoms with van der Waals surface area (Å²) in [5.41, 5.74) is 6.50. The molecular weight excluding hydrogens is 260 g/mol. The molecule has 1 fully saturated rings. The fourth-order valence-electron chi connectivity index (χ4n) is 2.68. The Labute approximate surface area is 115 Å². The van der Waals surface area contributed by atoms with E-state index in [9.17, 15) is 8.42 Å². The van der Waals surface area contributed by atoms with Crippen molar-refractivity contribution in [3.8, 4) is 0 Å². The SMILES string of the molecule is Cc1cccc(S(=O)(=O)N2CCCC2CCCN)c1. The molecule has 1 aromatic carbocycles. The van der Waals surface area contributed by atoms with Crippen LogP contribution in [0.25, 0.3) is 0 Å². The van der Waals surface area contributed by atoms with Crippen LogP contribution in [0, 0.1) is 6.92 Å². The maximum absolute atomic E-state index is 12.7. The van der Waals surface area contributed by atoms with Crippen LogP contribution in [-0.4, -0.2) is 31.9 Å². The van der Waals surface area contributed by atoms with Crippen LogP contribution in [0.4, 0.5) is 0 Å². The van der Waals surface area contributed by atoms with Crippen molar-refractivity contribution in [3.63, 3.8) is 0 Å². The van der Waals surface area contributed by atoms with Gasteiger partial charge < -0.3 is 5.73 Å². The second-order valence-electron chi connectivity index (χ2n) is 5.16. The van der Waals surface area contributed by atoms with Gasteiger partial charge in [0.25, 0.3) is 0 Å². The minimum atomic E-state index is -3.35. The van der Waals surface area contributed by atoms with Gasteiger partial charge in [-0.25, -0.2) is 8.42 Å². The highest BCUT2D eigenvalue weighted by molar-refractivity contribution is 7.89. The lowest BCUT2D eigenvalue weighted by atomic mass is 10.1. The van der Waals surface area contributed by atoms with Crippen LogP contribution in [0.2, 0.25) is 0 Å². The summed E-state index contributed by atoms with van der Waals surface area (Å²) in [5.74, 6) is 0. The summed E-state index contributed by atoms with van der Waals surface area (Å²) in [4.78, 5) is 0.409. The van der Waals surface area contributed by atoms with Crippen LogP contribution < -0.4 is 5.73 Å². The van der Waals surface area contributed by atoms with Gasteiger partial charge in [0, 0.05) is 12.6 Å². The maximum Gasteiger partial charge on any atom is 0.243 e. The van der Waals surface area contributed by atoms with Gasteiger partial charge in [0.1, 0.15) is 0 Å². The third kappa shape index (κ3) is 3.16. The van der Waals surface area contributed by atoms with E-state index >= 15 is 0 Å². The number of hydrogen-bond donors (Lipinski definition) is 1. The molecule has 1 heterocycles. The first kappa shape index (κ1) is 14.5. The minimum absolute atomic E-state index is 0.120. The zero-order chi connectivity index (χ0) is 13.9. The Morgan fingerprint density at radius 1 is 1.42 bits per heavy atom. The number of aryl methyl sites for hydroxylation is 1. The Hall–Kier alpha value is -0.910. The van der Waals surface area contributed by atoms with Crippen LogP contribution in [0.15, 0.2) is 29.2 Å². The van der Waals surface area contributed by atoms with Gasteiger partial charge in [0.15, 0.2) is 0 Å². The Kier molecular flexibility index (Phi) is 4.60. The molecule has 19 heavy (non-hydrogen) atoms. The average Bonchev–Trinajstić information content (AvgIpc) is 2.85. The first-order valence-corrected chi connectivity index (χ1v) is 8.28. The molecule has 2 N–H and O–H groups in total. The highest BCUT2D eigenvalue weighted by Gasteiger charge is 2.34. The van der Waals surface area contributed by atoms with Crippen molar-refractivity contribution >= 4 is 10.0 Å². The number of nitrogens with two attached hydrogens (primary N) is 1. The van der Waals surface area contributed by atoms with Crippen LogP contribution in [0.1, 0.15) is 31.2 Å². The lowest BCUT2D eigenvalue weighted by molar-refractivity contribution is 0.365. The molecule has 1 aromatic rings. The Bertz CT molecular complexity index is 528. The molecule has 1 aliphatic rings. The molecule has 1 unspecified atom stereocenters. The summed E-state index contributed by atoms with van der Waals surface area (Å²) in [6, 6.07) is 7.25. The monoisotopic (exact) mass is 282 g/mol. The van der Waals surface area contributed by atoms with Gasteiger partial charge in [-0.3, -0.25) is 0 Å². The number of rotatable bonds is 5. The second kappa shape index (κ2) is 6.03. The highest BCUT2D eigenvalue weighted by Crippen LogP contribution is 2.28. The molecule has 1 aliphatic heterocycles. The lowest BCUT2D eigenvalue weighted by Crippen LogP contribution is -2.35. The summed E-state index contributed by atoms with van der Waals surface area (Å²) in [6.07, 6.45) is 3.64. The summed E-state index contributed by atoms with van der Waals surface area (Å²) in [5, 5.41) is 0. The standard InChI is InChI=1S/C14H22N2O2S/c1-12-5-2-8-14(11-12)19(17,18)16-10-4-7-13(16)6-3-9-15/h2,5,8,11,13H,3-4,6-7,9-10,15H2,1H3. The molecule has 2 rings (SSSR count). The predicted molar refractivity (Wildman–Crippen MR) is 76.4 cm³/mol. The second-order valence-corrected chi connectivity index (χ2v) is 7.05. The van der Waals surface area contributed by atoms with E-state index in [0.717, 1.165) is 31.2 Å². The van der Waals surface area contributed by atoms with E-state index in [0.29, 0.717) is 18.0 Å². The van der Waals surface area contributed by atoms with Gasteiger partial charge in [-0.2, -0.15) is 4.31 Å². The largest absolute Gasteiger partial charge is 0.330 e. The Morgan fingerprint density at radius 3 is 2.89 bits per heavy atom. The van der Waals surface area contributed by atoms with Crippen molar-refractivity contribution in [2.45, 2.75) is 43.5 Å². The van der Waals surface area contributed by atoms with Crippen LogP contribution in [-0.2, 0) is 10.0 Å². The number of hydrogen-bond acceptors (Lipinski definition) is 3. The third-order valence-electron chi connectivity index (χ3n) is 3.66. The fraction of sp³-hybridized carbons (Fsp3) is 0.571. The molecule has 106 valence electrons. The topological polar surface area (TPSA) is 63.4 Å². The van der Waals surface area contributed by atoms with E-state index < -0.39 is 10.0 Å². The van der Waals surface area contributed by atoms with Crippen LogP contribution >= 0.6 is 0 Å². The minimum Gasteiger partial charge on any atom is -0.330 e. The first-order chi connectivity index (χ1) is 9.05.